The van der Waals surface area contributed by atoms with Crippen molar-refractivity contribution in [1.82, 2.24) is 13.9 Å². The number of benzene rings is 2. The van der Waals surface area contributed by atoms with Crippen LogP contribution in [0.1, 0.15) is 26.2 Å². The molecule has 0 saturated heterocycles. The summed E-state index contributed by atoms with van der Waals surface area (Å²) in [4.78, 5) is 17.1. The van der Waals surface area contributed by atoms with Gasteiger partial charge in [-0.05, 0) is 56.2 Å². The summed E-state index contributed by atoms with van der Waals surface area (Å²) in [7, 11) is -2.31. The summed E-state index contributed by atoms with van der Waals surface area (Å²) in [5.41, 5.74) is 1.71. The third-order valence-corrected chi connectivity index (χ3v) is 7.05. The van der Waals surface area contributed by atoms with Gasteiger partial charge in [0, 0.05) is 39.8 Å². The third kappa shape index (κ3) is 6.37. The minimum atomic E-state index is -3.75. The summed E-state index contributed by atoms with van der Waals surface area (Å²) in [6.45, 7) is 4.01. The van der Waals surface area contributed by atoms with Crippen molar-refractivity contribution in [2.24, 2.45) is 0 Å². The number of hydrogen-bond donors (Lipinski definition) is 1. The first kappa shape index (κ1) is 24.8. The molecule has 0 atom stereocenters. The third-order valence-electron chi connectivity index (χ3n) is 5.18. The van der Waals surface area contributed by atoms with E-state index in [2.05, 4.69) is 10.3 Å². The number of nitrogens with one attached hydrogen (secondary N) is 1. The monoisotopic (exact) mass is 476 g/mol. The second-order valence-corrected chi connectivity index (χ2v) is 9.60. The Balaban J connectivity index is 1.58. The molecule has 3 aromatic rings. The molecule has 0 spiro atoms. The molecular weight excluding hydrogens is 447 g/mol. The standard InChI is InChI=1S/C23H29FN4O4S/c1-3-32-17-7-16-28-21-9-5-4-8-20(21)25-23(28)26-22(29)10-6-15-27(2)33(30,31)19-13-11-18(24)12-14-19/h4-5,8-9,11-14H,3,6-7,10,15-17H2,1-2H3,(H,25,26,29). The number of aryl methyl sites for hydroxylation is 1. The second kappa shape index (κ2) is 11.4. The topological polar surface area (TPSA) is 93.5 Å². The number of anilines is 1. The van der Waals surface area contributed by atoms with Gasteiger partial charge in [0.2, 0.25) is 21.9 Å². The fraction of sp³-hybridized carbons (Fsp3) is 0.391. The number of ether oxygens (including phenoxy) is 1. The molecule has 0 radical (unpaired) electrons. The van der Waals surface area contributed by atoms with Crippen molar-refractivity contribution in [3.8, 4) is 0 Å². The van der Waals surface area contributed by atoms with E-state index in [9.17, 15) is 17.6 Å². The number of amides is 1. The van der Waals surface area contributed by atoms with Crippen molar-refractivity contribution >= 4 is 32.9 Å². The predicted octanol–water partition coefficient (Wildman–Crippen LogP) is 3.64. The summed E-state index contributed by atoms with van der Waals surface area (Å²) in [6, 6.07) is 12.3. The molecule has 1 amide bonds. The molecule has 2 aromatic carbocycles. The Morgan fingerprint density at radius 1 is 1.15 bits per heavy atom. The molecule has 0 aliphatic rings. The van der Waals surface area contributed by atoms with Crippen LogP contribution in [0.2, 0.25) is 0 Å². The molecule has 33 heavy (non-hydrogen) atoms. The van der Waals surface area contributed by atoms with Gasteiger partial charge in [0.15, 0.2) is 0 Å². The van der Waals surface area contributed by atoms with Crippen LogP contribution in [-0.2, 0) is 26.1 Å². The summed E-state index contributed by atoms with van der Waals surface area (Å²) in [6.07, 6.45) is 1.24. The van der Waals surface area contributed by atoms with Gasteiger partial charge in [-0.2, -0.15) is 0 Å². The zero-order valence-electron chi connectivity index (χ0n) is 18.8. The maximum absolute atomic E-state index is 13.1. The Kier molecular flexibility index (Phi) is 8.54. The molecule has 0 unspecified atom stereocenters. The minimum Gasteiger partial charge on any atom is -0.382 e. The molecule has 1 heterocycles. The smallest absolute Gasteiger partial charge is 0.242 e. The number of sulfonamides is 1. The number of para-hydroxylation sites is 2. The SMILES string of the molecule is CCOCCCn1c(NC(=O)CCCN(C)S(=O)(=O)c2ccc(F)cc2)nc2ccccc21. The van der Waals surface area contributed by atoms with Gasteiger partial charge < -0.3 is 9.30 Å². The molecule has 8 nitrogen and oxygen atoms in total. The fourth-order valence-corrected chi connectivity index (χ4v) is 4.63. The summed E-state index contributed by atoms with van der Waals surface area (Å²) in [5.74, 6) is -0.286. The van der Waals surface area contributed by atoms with E-state index in [0.717, 1.165) is 33.9 Å². The second-order valence-electron chi connectivity index (χ2n) is 7.56. The zero-order chi connectivity index (χ0) is 23.8. The van der Waals surface area contributed by atoms with Gasteiger partial charge in [-0.3, -0.25) is 10.1 Å². The first-order chi connectivity index (χ1) is 15.8. The number of aromatic nitrogens is 2. The Bertz CT molecular complexity index is 1180. The van der Waals surface area contributed by atoms with E-state index < -0.39 is 15.8 Å². The van der Waals surface area contributed by atoms with E-state index in [1.165, 1.54) is 19.2 Å². The van der Waals surface area contributed by atoms with E-state index in [-0.39, 0.29) is 23.8 Å². The van der Waals surface area contributed by atoms with Crippen LogP contribution >= 0.6 is 0 Å². The highest BCUT2D eigenvalue weighted by Crippen LogP contribution is 2.21. The molecule has 0 aliphatic heterocycles. The van der Waals surface area contributed by atoms with Crippen molar-refractivity contribution in [1.29, 1.82) is 0 Å². The molecule has 1 aromatic heterocycles. The molecule has 3 rings (SSSR count). The first-order valence-corrected chi connectivity index (χ1v) is 12.3. The number of rotatable bonds is 12. The maximum atomic E-state index is 13.1. The number of hydrogen-bond acceptors (Lipinski definition) is 5. The minimum absolute atomic E-state index is 0.0108. The average Bonchev–Trinajstić information content (AvgIpc) is 3.13. The Labute approximate surface area is 193 Å². The van der Waals surface area contributed by atoms with Gasteiger partial charge in [0.05, 0.1) is 15.9 Å². The molecule has 0 saturated carbocycles. The van der Waals surface area contributed by atoms with Gasteiger partial charge in [-0.15, -0.1) is 0 Å². The highest BCUT2D eigenvalue weighted by atomic mass is 32.2. The van der Waals surface area contributed by atoms with E-state index in [4.69, 9.17) is 4.74 Å². The van der Waals surface area contributed by atoms with Crippen molar-refractivity contribution in [2.75, 3.05) is 32.1 Å². The lowest BCUT2D eigenvalue weighted by Crippen LogP contribution is -2.28. The van der Waals surface area contributed by atoms with Crippen molar-refractivity contribution in [2.45, 2.75) is 37.6 Å². The summed E-state index contributed by atoms with van der Waals surface area (Å²) >= 11 is 0. The van der Waals surface area contributed by atoms with Gasteiger partial charge in [-0.25, -0.2) is 22.1 Å². The van der Waals surface area contributed by atoms with Gasteiger partial charge in [0.1, 0.15) is 5.82 Å². The number of imidazole rings is 1. The number of fused-ring (bicyclic) bond motifs is 1. The van der Waals surface area contributed by atoms with Crippen LogP contribution in [0.5, 0.6) is 0 Å². The average molecular weight is 477 g/mol. The van der Waals surface area contributed by atoms with Crippen LogP contribution in [0.25, 0.3) is 11.0 Å². The lowest BCUT2D eigenvalue weighted by atomic mass is 10.3. The molecular formula is C23H29FN4O4S. The predicted molar refractivity (Wildman–Crippen MR) is 125 cm³/mol. The van der Waals surface area contributed by atoms with Gasteiger partial charge in [-0.1, -0.05) is 12.1 Å². The summed E-state index contributed by atoms with van der Waals surface area (Å²) < 4.78 is 46.8. The molecule has 0 fully saturated rings. The van der Waals surface area contributed by atoms with Crippen LogP contribution in [0.15, 0.2) is 53.4 Å². The van der Waals surface area contributed by atoms with Crippen molar-refractivity contribution in [3.05, 3.63) is 54.3 Å². The Hall–Kier alpha value is -2.82. The van der Waals surface area contributed by atoms with Gasteiger partial charge >= 0.3 is 0 Å². The van der Waals surface area contributed by atoms with Crippen molar-refractivity contribution in [3.63, 3.8) is 0 Å². The van der Waals surface area contributed by atoms with Crippen LogP contribution in [0, 0.1) is 5.82 Å². The zero-order valence-corrected chi connectivity index (χ0v) is 19.6. The Morgan fingerprint density at radius 3 is 2.61 bits per heavy atom. The normalized spacial score (nSPS) is 11.9. The highest BCUT2D eigenvalue weighted by Gasteiger charge is 2.21. The molecule has 10 heteroatoms. The maximum Gasteiger partial charge on any atom is 0.242 e. The Morgan fingerprint density at radius 2 is 1.88 bits per heavy atom. The summed E-state index contributed by atoms with van der Waals surface area (Å²) in [5, 5.41) is 2.85. The number of carbonyl (C=O) groups is 1. The van der Waals surface area contributed by atoms with Gasteiger partial charge in [0.25, 0.3) is 0 Å². The van der Waals surface area contributed by atoms with Crippen LogP contribution < -0.4 is 5.32 Å². The number of carbonyl (C=O) groups excluding carboxylic acids is 1. The van der Waals surface area contributed by atoms with E-state index in [1.807, 2.05) is 35.8 Å². The van der Waals surface area contributed by atoms with Crippen LogP contribution in [0.4, 0.5) is 10.3 Å². The van der Waals surface area contributed by atoms with Crippen molar-refractivity contribution < 1.29 is 22.3 Å². The molecule has 1 N–H and O–H groups in total. The fourth-order valence-electron chi connectivity index (χ4n) is 3.42. The van der Waals surface area contributed by atoms with E-state index >= 15 is 0 Å². The van der Waals surface area contributed by atoms with E-state index in [1.54, 1.807) is 0 Å². The van der Waals surface area contributed by atoms with E-state index in [0.29, 0.717) is 32.1 Å². The van der Waals surface area contributed by atoms with Crippen LogP contribution in [-0.4, -0.2) is 55.0 Å². The van der Waals surface area contributed by atoms with Crippen LogP contribution in [0.3, 0.4) is 0 Å². The number of nitrogens with zero attached hydrogens (tertiary/aromatic N) is 3. The highest BCUT2D eigenvalue weighted by molar-refractivity contribution is 7.89. The lowest BCUT2D eigenvalue weighted by molar-refractivity contribution is -0.116. The first-order valence-electron chi connectivity index (χ1n) is 10.9. The molecule has 0 aliphatic carbocycles. The lowest BCUT2D eigenvalue weighted by Gasteiger charge is -2.17. The quantitative estimate of drug-likeness (QED) is 0.403. The largest absolute Gasteiger partial charge is 0.382 e. The number of halogens is 1. The molecule has 178 valence electrons. The molecule has 0 bridgehead atoms.